The summed E-state index contributed by atoms with van der Waals surface area (Å²) in [5.74, 6) is 0. The zero-order valence-electron chi connectivity index (χ0n) is 11.1. The highest BCUT2D eigenvalue weighted by Crippen LogP contribution is 2.24. The van der Waals surface area contributed by atoms with Gasteiger partial charge in [-0.1, -0.05) is 6.92 Å². The van der Waals surface area contributed by atoms with E-state index < -0.39 is 0 Å². The van der Waals surface area contributed by atoms with E-state index in [1.165, 1.54) is 10.4 Å². The Bertz CT molecular complexity index is 739. The zero-order chi connectivity index (χ0) is 13.9. The summed E-state index contributed by atoms with van der Waals surface area (Å²) in [6.45, 7) is 3.02. The summed E-state index contributed by atoms with van der Waals surface area (Å²) in [6.07, 6.45) is 4.69. The average Bonchev–Trinajstić information content (AvgIpc) is 2.92. The molecule has 5 heteroatoms. The van der Waals surface area contributed by atoms with Crippen molar-refractivity contribution >= 4 is 44.0 Å². The fourth-order valence-corrected chi connectivity index (χ4v) is 3.40. The smallest absolute Gasteiger partial charge is 0.112 e. The van der Waals surface area contributed by atoms with Gasteiger partial charge < -0.3 is 5.32 Å². The zero-order valence-corrected chi connectivity index (χ0v) is 13.5. The van der Waals surface area contributed by atoms with Crippen LogP contribution >= 0.6 is 27.3 Å². The lowest BCUT2D eigenvalue weighted by Crippen LogP contribution is -2.01. The molecule has 1 N–H and O–H groups in total. The number of rotatable bonds is 4. The predicted molar refractivity (Wildman–Crippen MR) is 88.3 cm³/mol. The molecule has 3 aromatic rings. The number of anilines is 1. The van der Waals surface area contributed by atoms with Crippen LogP contribution in [0.3, 0.4) is 0 Å². The lowest BCUT2D eigenvalue weighted by molar-refractivity contribution is 1.08. The van der Waals surface area contributed by atoms with Crippen molar-refractivity contribution in [3.8, 4) is 0 Å². The number of hydrogen-bond acceptors (Lipinski definition) is 4. The predicted octanol–water partition coefficient (Wildman–Crippen LogP) is 4.63. The molecule has 3 rings (SSSR count). The molecule has 102 valence electrons. The van der Waals surface area contributed by atoms with Gasteiger partial charge in [0, 0.05) is 28.3 Å². The number of nitrogens with one attached hydrogen (secondary N) is 1. The first kappa shape index (κ1) is 13.5. The summed E-state index contributed by atoms with van der Waals surface area (Å²) in [5.41, 5.74) is 4.24. The van der Waals surface area contributed by atoms with Crippen molar-refractivity contribution in [2.45, 2.75) is 19.9 Å². The molecule has 0 aromatic carbocycles. The Morgan fingerprint density at radius 2 is 2.20 bits per heavy atom. The molecule has 3 heterocycles. The highest BCUT2D eigenvalue weighted by molar-refractivity contribution is 9.10. The van der Waals surface area contributed by atoms with Crippen LogP contribution in [0.1, 0.15) is 17.4 Å². The maximum atomic E-state index is 4.45. The first-order valence-electron chi connectivity index (χ1n) is 6.47. The third-order valence-corrected chi connectivity index (χ3v) is 4.60. The average molecular weight is 348 g/mol. The van der Waals surface area contributed by atoms with E-state index in [0.29, 0.717) is 0 Å². The van der Waals surface area contributed by atoms with Gasteiger partial charge in [0.1, 0.15) is 5.52 Å². The normalized spacial score (nSPS) is 10.9. The summed E-state index contributed by atoms with van der Waals surface area (Å²) in [5, 5.41) is 5.63. The van der Waals surface area contributed by atoms with Gasteiger partial charge in [0.15, 0.2) is 0 Å². The fraction of sp³-hybridized carbons (Fsp3) is 0.200. The number of aromatic nitrogens is 2. The van der Waals surface area contributed by atoms with E-state index in [9.17, 15) is 0 Å². The molecule has 0 atom stereocenters. The van der Waals surface area contributed by atoms with Gasteiger partial charge in [-0.2, -0.15) is 0 Å². The van der Waals surface area contributed by atoms with Crippen LogP contribution in [0.25, 0.3) is 11.0 Å². The SMILES string of the molecule is CCc1ccsc1CNc1ccnc2cc(Br)cnc12. The second-order valence-corrected chi connectivity index (χ2v) is 6.37. The molecule has 0 radical (unpaired) electrons. The summed E-state index contributed by atoms with van der Waals surface area (Å²) >= 11 is 5.22. The number of pyridine rings is 2. The molecule has 0 saturated carbocycles. The van der Waals surface area contributed by atoms with Crippen molar-refractivity contribution in [3.05, 3.63) is 50.9 Å². The molecule has 0 aliphatic rings. The maximum Gasteiger partial charge on any atom is 0.112 e. The number of thiophene rings is 1. The molecule has 0 unspecified atom stereocenters. The number of hydrogen-bond donors (Lipinski definition) is 1. The molecule has 0 aliphatic carbocycles. The lowest BCUT2D eigenvalue weighted by atomic mass is 10.2. The van der Waals surface area contributed by atoms with Crippen LogP contribution in [0.4, 0.5) is 5.69 Å². The van der Waals surface area contributed by atoms with Gasteiger partial charge in [-0.05, 0) is 51.5 Å². The third kappa shape index (κ3) is 2.69. The monoisotopic (exact) mass is 347 g/mol. The lowest BCUT2D eigenvalue weighted by Gasteiger charge is -2.09. The molecule has 0 bridgehead atoms. The number of nitrogens with zero attached hydrogens (tertiary/aromatic N) is 2. The van der Waals surface area contributed by atoms with Gasteiger partial charge in [-0.25, -0.2) is 0 Å². The Balaban J connectivity index is 1.88. The molecular weight excluding hydrogens is 334 g/mol. The van der Waals surface area contributed by atoms with Crippen LogP contribution < -0.4 is 5.32 Å². The van der Waals surface area contributed by atoms with Crippen LogP contribution in [-0.2, 0) is 13.0 Å². The van der Waals surface area contributed by atoms with E-state index >= 15 is 0 Å². The van der Waals surface area contributed by atoms with Gasteiger partial charge >= 0.3 is 0 Å². The van der Waals surface area contributed by atoms with Crippen LogP contribution in [0.15, 0.2) is 40.4 Å². The van der Waals surface area contributed by atoms with Gasteiger partial charge in [0.2, 0.25) is 0 Å². The number of fused-ring (bicyclic) bond motifs is 1. The van der Waals surface area contributed by atoms with Gasteiger partial charge in [0.05, 0.1) is 11.2 Å². The largest absolute Gasteiger partial charge is 0.378 e. The van der Waals surface area contributed by atoms with Crippen LogP contribution in [0, 0.1) is 0 Å². The van der Waals surface area contributed by atoms with E-state index in [2.05, 4.69) is 49.6 Å². The molecule has 0 aliphatic heterocycles. The van der Waals surface area contributed by atoms with Crippen molar-refractivity contribution < 1.29 is 0 Å². The van der Waals surface area contributed by atoms with E-state index in [1.54, 1.807) is 17.5 Å². The van der Waals surface area contributed by atoms with E-state index in [0.717, 1.165) is 34.2 Å². The topological polar surface area (TPSA) is 37.8 Å². The van der Waals surface area contributed by atoms with E-state index in [-0.39, 0.29) is 0 Å². The highest BCUT2D eigenvalue weighted by atomic mass is 79.9. The summed E-state index contributed by atoms with van der Waals surface area (Å²) in [7, 11) is 0. The molecule has 0 saturated heterocycles. The minimum absolute atomic E-state index is 0.831. The molecule has 0 amide bonds. The molecule has 0 spiro atoms. The fourth-order valence-electron chi connectivity index (χ4n) is 2.16. The van der Waals surface area contributed by atoms with Crippen molar-refractivity contribution in [2.75, 3.05) is 5.32 Å². The van der Waals surface area contributed by atoms with Gasteiger partial charge in [-0.15, -0.1) is 11.3 Å². The van der Waals surface area contributed by atoms with Crippen molar-refractivity contribution in [2.24, 2.45) is 0 Å². The summed E-state index contributed by atoms with van der Waals surface area (Å²) in [6, 6.07) is 6.15. The van der Waals surface area contributed by atoms with Gasteiger partial charge in [0.25, 0.3) is 0 Å². The second kappa shape index (κ2) is 5.89. The minimum atomic E-state index is 0.831. The van der Waals surface area contributed by atoms with Crippen molar-refractivity contribution in [1.29, 1.82) is 0 Å². The number of aryl methyl sites for hydroxylation is 1. The second-order valence-electron chi connectivity index (χ2n) is 4.46. The quantitative estimate of drug-likeness (QED) is 0.747. The van der Waals surface area contributed by atoms with Crippen LogP contribution in [0.2, 0.25) is 0 Å². The summed E-state index contributed by atoms with van der Waals surface area (Å²) < 4.78 is 0.946. The van der Waals surface area contributed by atoms with E-state index in [1.807, 2.05) is 18.3 Å². The maximum absolute atomic E-state index is 4.45. The van der Waals surface area contributed by atoms with Crippen LogP contribution in [0.5, 0.6) is 0 Å². The molecule has 0 fully saturated rings. The molecule has 20 heavy (non-hydrogen) atoms. The Kier molecular flexibility index (Phi) is 3.98. The van der Waals surface area contributed by atoms with Crippen molar-refractivity contribution in [1.82, 2.24) is 9.97 Å². The minimum Gasteiger partial charge on any atom is -0.378 e. The van der Waals surface area contributed by atoms with Gasteiger partial charge in [-0.3, -0.25) is 9.97 Å². The Morgan fingerprint density at radius 3 is 3.05 bits per heavy atom. The highest BCUT2D eigenvalue weighted by Gasteiger charge is 2.06. The van der Waals surface area contributed by atoms with Crippen LogP contribution in [-0.4, -0.2) is 9.97 Å². The Labute approximate surface area is 130 Å². The molecular formula is C15H14BrN3S. The Morgan fingerprint density at radius 1 is 1.30 bits per heavy atom. The summed E-state index contributed by atoms with van der Waals surface area (Å²) in [4.78, 5) is 10.2. The first-order chi connectivity index (χ1) is 9.78. The van der Waals surface area contributed by atoms with Crippen molar-refractivity contribution in [3.63, 3.8) is 0 Å². The first-order valence-corrected chi connectivity index (χ1v) is 8.14. The van der Waals surface area contributed by atoms with E-state index in [4.69, 9.17) is 0 Å². The Hall–Kier alpha value is -1.46. The third-order valence-electron chi connectivity index (χ3n) is 3.20. The molecule has 3 nitrogen and oxygen atoms in total. The number of halogens is 1. The molecule has 3 aromatic heterocycles. The standard InChI is InChI=1S/C15H14BrN3S/c1-2-10-4-6-20-14(10)9-18-12-3-5-17-13-7-11(16)8-19-15(12)13/h3-8H,2,9H2,1H3,(H,17,18).